The average Bonchev–Trinajstić information content (AvgIpc) is 2.69. The lowest BCUT2D eigenvalue weighted by Crippen LogP contribution is -2.43. The first-order valence-electron chi connectivity index (χ1n) is 10.7. The van der Waals surface area contributed by atoms with E-state index in [1.165, 1.54) is 57.4 Å². The minimum absolute atomic E-state index is 0.196. The Kier molecular flexibility index (Phi) is 14.4. The molecule has 0 aliphatic rings. The molecule has 0 bridgehead atoms. The summed E-state index contributed by atoms with van der Waals surface area (Å²) in [4.78, 5) is 23.5. The molecule has 0 aliphatic carbocycles. The number of hydrogen-bond donors (Lipinski definition) is 2. The van der Waals surface area contributed by atoms with Crippen molar-refractivity contribution in [2.45, 2.75) is 84.0 Å². The standard InChI is InChI=1S/C22H34Cl2N2O3/c1-2-3-4-5-6-7-8-9-10-11-12-13-21(27)25-26-22(28)17-29-20-15-14-18(23)16-19(20)24/h14-16H,2-13,17H2,1H3,(H,25,27)(H,26,28). The predicted octanol–water partition coefficient (Wildman–Crippen LogP) is 6.22. The van der Waals surface area contributed by atoms with Crippen LogP contribution >= 0.6 is 23.2 Å². The number of carbonyl (C=O) groups is 2. The molecule has 0 saturated carbocycles. The zero-order valence-electron chi connectivity index (χ0n) is 17.4. The first kappa shape index (κ1) is 25.6. The fourth-order valence-corrected chi connectivity index (χ4v) is 3.39. The second-order valence-electron chi connectivity index (χ2n) is 7.25. The fraction of sp³-hybridized carbons (Fsp3) is 0.636. The van der Waals surface area contributed by atoms with Gasteiger partial charge in [-0.1, -0.05) is 94.3 Å². The van der Waals surface area contributed by atoms with Crippen LogP contribution < -0.4 is 15.6 Å². The van der Waals surface area contributed by atoms with E-state index in [0.717, 1.165) is 19.3 Å². The van der Waals surface area contributed by atoms with E-state index in [-0.39, 0.29) is 12.5 Å². The van der Waals surface area contributed by atoms with E-state index in [2.05, 4.69) is 17.8 Å². The van der Waals surface area contributed by atoms with E-state index in [1.54, 1.807) is 12.1 Å². The van der Waals surface area contributed by atoms with Gasteiger partial charge < -0.3 is 4.74 Å². The van der Waals surface area contributed by atoms with E-state index in [4.69, 9.17) is 27.9 Å². The molecule has 164 valence electrons. The third-order valence-electron chi connectivity index (χ3n) is 4.60. The van der Waals surface area contributed by atoms with Crippen molar-refractivity contribution < 1.29 is 14.3 Å². The van der Waals surface area contributed by atoms with Crippen LogP contribution in [-0.2, 0) is 9.59 Å². The molecule has 2 amide bonds. The van der Waals surface area contributed by atoms with E-state index in [1.807, 2.05) is 0 Å². The molecule has 0 unspecified atom stereocenters. The molecule has 7 heteroatoms. The van der Waals surface area contributed by atoms with Gasteiger partial charge in [0.2, 0.25) is 5.91 Å². The zero-order chi connectivity index (χ0) is 21.3. The van der Waals surface area contributed by atoms with Gasteiger partial charge in [-0.25, -0.2) is 0 Å². The highest BCUT2D eigenvalue weighted by Crippen LogP contribution is 2.27. The number of amides is 2. The Morgan fingerprint density at radius 1 is 0.828 bits per heavy atom. The third-order valence-corrected chi connectivity index (χ3v) is 5.13. The quantitative estimate of drug-likeness (QED) is 0.249. The van der Waals surface area contributed by atoms with Crippen LogP contribution in [0.25, 0.3) is 0 Å². The van der Waals surface area contributed by atoms with Gasteiger partial charge in [0.15, 0.2) is 6.61 Å². The Bertz CT molecular complexity index is 612. The second kappa shape index (κ2) is 16.3. The predicted molar refractivity (Wildman–Crippen MR) is 119 cm³/mol. The van der Waals surface area contributed by atoms with Crippen LogP contribution in [0, 0.1) is 0 Å². The molecule has 0 fully saturated rings. The number of benzene rings is 1. The molecule has 0 aliphatic heterocycles. The van der Waals surface area contributed by atoms with Crippen LogP contribution in [0.2, 0.25) is 10.0 Å². The molecule has 0 aromatic heterocycles. The molecule has 1 aromatic carbocycles. The normalized spacial score (nSPS) is 10.6. The summed E-state index contributed by atoms with van der Waals surface area (Å²) in [5.41, 5.74) is 4.75. The number of hydrazine groups is 1. The van der Waals surface area contributed by atoms with Gasteiger partial charge in [-0.05, 0) is 24.6 Å². The van der Waals surface area contributed by atoms with Crippen molar-refractivity contribution in [3.8, 4) is 5.75 Å². The molecule has 0 atom stereocenters. The number of nitrogens with one attached hydrogen (secondary N) is 2. The molecule has 1 rings (SSSR count). The lowest BCUT2D eigenvalue weighted by molar-refractivity contribution is -0.130. The molecule has 0 spiro atoms. The number of unbranched alkanes of at least 4 members (excludes halogenated alkanes) is 10. The molecule has 0 radical (unpaired) electrons. The monoisotopic (exact) mass is 444 g/mol. The maximum Gasteiger partial charge on any atom is 0.276 e. The summed E-state index contributed by atoms with van der Waals surface area (Å²) >= 11 is 11.8. The van der Waals surface area contributed by atoms with E-state index in [0.29, 0.717) is 22.2 Å². The van der Waals surface area contributed by atoms with Crippen molar-refractivity contribution in [3.05, 3.63) is 28.2 Å². The number of rotatable bonds is 15. The summed E-state index contributed by atoms with van der Waals surface area (Å²) < 4.78 is 5.30. The Balaban J connectivity index is 1.97. The van der Waals surface area contributed by atoms with Crippen LogP contribution in [0.15, 0.2) is 18.2 Å². The Hall–Kier alpha value is -1.46. The summed E-state index contributed by atoms with van der Waals surface area (Å²) in [6.45, 7) is 1.99. The van der Waals surface area contributed by atoms with Crippen molar-refractivity contribution in [1.82, 2.24) is 10.9 Å². The van der Waals surface area contributed by atoms with Gasteiger partial charge in [0, 0.05) is 11.4 Å². The van der Waals surface area contributed by atoms with Crippen molar-refractivity contribution in [3.63, 3.8) is 0 Å². The molecule has 29 heavy (non-hydrogen) atoms. The van der Waals surface area contributed by atoms with Crippen LogP contribution in [0.1, 0.15) is 84.0 Å². The lowest BCUT2D eigenvalue weighted by Gasteiger charge is -2.10. The van der Waals surface area contributed by atoms with Gasteiger partial charge >= 0.3 is 0 Å². The van der Waals surface area contributed by atoms with Gasteiger partial charge in [0.1, 0.15) is 5.75 Å². The molecule has 2 N–H and O–H groups in total. The lowest BCUT2D eigenvalue weighted by atomic mass is 10.1. The van der Waals surface area contributed by atoms with Crippen LogP contribution in [0.4, 0.5) is 0 Å². The summed E-state index contributed by atoms with van der Waals surface area (Å²) in [5, 5.41) is 0.812. The van der Waals surface area contributed by atoms with E-state index in [9.17, 15) is 9.59 Å². The second-order valence-corrected chi connectivity index (χ2v) is 8.09. The summed E-state index contributed by atoms with van der Waals surface area (Å²) in [6, 6.07) is 4.74. The largest absolute Gasteiger partial charge is 0.482 e. The summed E-state index contributed by atoms with van der Waals surface area (Å²) in [5.74, 6) is -0.291. The van der Waals surface area contributed by atoms with Gasteiger partial charge in [0.05, 0.1) is 5.02 Å². The van der Waals surface area contributed by atoms with Crippen molar-refractivity contribution in [2.75, 3.05) is 6.61 Å². The average molecular weight is 445 g/mol. The zero-order valence-corrected chi connectivity index (χ0v) is 18.9. The number of halogens is 2. The summed E-state index contributed by atoms with van der Waals surface area (Å²) in [6.07, 6.45) is 14.0. The van der Waals surface area contributed by atoms with Gasteiger partial charge in [0.25, 0.3) is 5.91 Å². The first-order chi connectivity index (χ1) is 14.0. The highest BCUT2D eigenvalue weighted by molar-refractivity contribution is 6.35. The van der Waals surface area contributed by atoms with E-state index < -0.39 is 5.91 Å². The number of ether oxygens (including phenoxy) is 1. The van der Waals surface area contributed by atoms with Crippen LogP contribution in [-0.4, -0.2) is 18.4 Å². The topological polar surface area (TPSA) is 67.4 Å². The van der Waals surface area contributed by atoms with Crippen molar-refractivity contribution in [2.24, 2.45) is 0 Å². The highest BCUT2D eigenvalue weighted by atomic mass is 35.5. The minimum Gasteiger partial charge on any atom is -0.482 e. The minimum atomic E-state index is -0.455. The van der Waals surface area contributed by atoms with Crippen molar-refractivity contribution >= 4 is 35.0 Å². The third kappa shape index (κ3) is 13.4. The summed E-state index contributed by atoms with van der Waals surface area (Å²) in [7, 11) is 0. The Morgan fingerprint density at radius 2 is 1.38 bits per heavy atom. The first-order valence-corrected chi connectivity index (χ1v) is 11.4. The fourth-order valence-electron chi connectivity index (χ4n) is 2.92. The SMILES string of the molecule is CCCCCCCCCCCCCC(=O)NNC(=O)COc1ccc(Cl)cc1Cl. The molecular weight excluding hydrogens is 411 g/mol. The van der Waals surface area contributed by atoms with Gasteiger partial charge in [-0.2, -0.15) is 0 Å². The molecule has 1 aromatic rings. The van der Waals surface area contributed by atoms with Gasteiger partial charge in [-0.3, -0.25) is 20.4 Å². The highest BCUT2D eigenvalue weighted by Gasteiger charge is 2.08. The maximum absolute atomic E-state index is 11.8. The van der Waals surface area contributed by atoms with Gasteiger partial charge in [-0.15, -0.1) is 0 Å². The molecular formula is C22H34Cl2N2O3. The Morgan fingerprint density at radius 3 is 1.97 bits per heavy atom. The van der Waals surface area contributed by atoms with Crippen LogP contribution in [0.3, 0.4) is 0 Å². The number of hydrogen-bond acceptors (Lipinski definition) is 3. The maximum atomic E-state index is 11.8. The molecule has 5 nitrogen and oxygen atoms in total. The molecule has 0 saturated heterocycles. The van der Waals surface area contributed by atoms with Crippen LogP contribution in [0.5, 0.6) is 5.75 Å². The Labute approximate surface area is 184 Å². The van der Waals surface area contributed by atoms with Crippen molar-refractivity contribution in [1.29, 1.82) is 0 Å². The smallest absolute Gasteiger partial charge is 0.276 e. The number of carbonyl (C=O) groups excluding carboxylic acids is 2. The van der Waals surface area contributed by atoms with E-state index >= 15 is 0 Å². The molecule has 0 heterocycles.